The maximum Gasteiger partial charge on any atom is 0.135 e. The third kappa shape index (κ3) is 3.35. The summed E-state index contributed by atoms with van der Waals surface area (Å²) < 4.78 is 0. The first kappa shape index (κ1) is 19.4. The first-order valence-corrected chi connectivity index (χ1v) is 10.2. The molecule has 7 heteroatoms. The van der Waals surface area contributed by atoms with Crippen LogP contribution in [0.3, 0.4) is 0 Å². The van der Waals surface area contributed by atoms with Crippen LogP contribution >= 0.6 is 0 Å². The molecular formula is C25H21N7. The smallest absolute Gasteiger partial charge is 0.135 e. The highest BCUT2D eigenvalue weighted by molar-refractivity contribution is 5.99. The molecule has 0 saturated carbocycles. The Hall–Kier alpha value is -4.52. The van der Waals surface area contributed by atoms with Crippen molar-refractivity contribution in [2.45, 2.75) is 6.92 Å². The molecule has 0 aromatic carbocycles. The van der Waals surface area contributed by atoms with Crippen LogP contribution in [0, 0.1) is 0 Å². The highest BCUT2D eigenvalue weighted by Gasteiger charge is 2.16. The van der Waals surface area contributed by atoms with Crippen molar-refractivity contribution < 1.29 is 0 Å². The molecule has 4 N–H and O–H groups in total. The van der Waals surface area contributed by atoms with Crippen LogP contribution in [0.5, 0.6) is 0 Å². The Morgan fingerprint density at radius 3 is 2.66 bits per heavy atom. The van der Waals surface area contributed by atoms with Gasteiger partial charge in [-0.05, 0) is 61.0 Å². The van der Waals surface area contributed by atoms with Crippen LogP contribution in [0.25, 0.3) is 50.2 Å². The van der Waals surface area contributed by atoms with Gasteiger partial charge in [-0.15, -0.1) is 0 Å². The van der Waals surface area contributed by atoms with Crippen molar-refractivity contribution in [1.29, 1.82) is 0 Å². The lowest BCUT2D eigenvalue weighted by molar-refractivity contribution is 1.12. The topological polar surface area (TPSA) is 109 Å². The second-order valence-corrected chi connectivity index (χ2v) is 7.30. The summed E-state index contributed by atoms with van der Waals surface area (Å²) in [5.41, 5.74) is 14.4. The molecule has 0 atom stereocenters. The molecule has 0 bridgehead atoms. The first-order chi connectivity index (χ1) is 15.7. The fourth-order valence-electron chi connectivity index (χ4n) is 3.71. The molecule has 0 amide bonds. The third-order valence-electron chi connectivity index (χ3n) is 5.33. The number of aromatic nitrogens is 6. The van der Waals surface area contributed by atoms with E-state index in [1.54, 1.807) is 24.7 Å². The lowest BCUT2D eigenvalue weighted by Gasteiger charge is -2.03. The summed E-state index contributed by atoms with van der Waals surface area (Å²) in [6, 6.07) is 11.8. The zero-order valence-electron chi connectivity index (χ0n) is 17.5. The number of H-pyrrole nitrogens is 2. The Bertz CT molecular complexity index is 1500. The van der Waals surface area contributed by atoms with Crippen molar-refractivity contribution >= 4 is 27.5 Å². The number of nitrogens with two attached hydrogens (primary N) is 1. The number of nitrogens with one attached hydrogen (secondary N) is 2. The van der Waals surface area contributed by atoms with Crippen LogP contribution < -0.4 is 5.73 Å². The summed E-state index contributed by atoms with van der Waals surface area (Å²) in [5.74, 6) is 0. The van der Waals surface area contributed by atoms with E-state index in [0.717, 1.165) is 55.8 Å². The predicted molar refractivity (Wildman–Crippen MR) is 128 cm³/mol. The minimum absolute atomic E-state index is 0.583. The Kier molecular flexibility index (Phi) is 4.84. The SMILES string of the molecule is C=C/C(N)=C\C(=C/C)c1ccc2[nH]nc(-c3cc4c(-c5ccncc5)nccc4[nH]3)c2n1. The largest absolute Gasteiger partial charge is 0.399 e. The van der Waals surface area contributed by atoms with Gasteiger partial charge in [0.1, 0.15) is 11.2 Å². The molecule has 0 fully saturated rings. The normalized spacial score (nSPS) is 12.5. The van der Waals surface area contributed by atoms with Crippen LogP contribution in [-0.2, 0) is 0 Å². The van der Waals surface area contributed by atoms with Gasteiger partial charge < -0.3 is 10.7 Å². The number of nitrogens with zero attached hydrogens (tertiary/aromatic N) is 4. The summed E-state index contributed by atoms with van der Waals surface area (Å²) in [7, 11) is 0. The molecule has 5 aromatic rings. The van der Waals surface area contributed by atoms with Crippen molar-refractivity contribution in [3.8, 4) is 22.6 Å². The lowest BCUT2D eigenvalue weighted by atomic mass is 10.1. The standard InChI is InChI=1S/C25H21N7/c1-3-15(13-17(26)4-2)19-5-6-21-24(30-19)25(32-31-21)22-14-18-20(29-22)9-12-28-23(18)16-7-10-27-11-8-16/h3-14,29H,2,26H2,1H3,(H,31,32)/b15-3+,17-13+. The van der Waals surface area contributed by atoms with E-state index in [1.807, 2.05) is 49.4 Å². The molecule has 0 aliphatic carbocycles. The van der Waals surface area contributed by atoms with Gasteiger partial charge in [-0.1, -0.05) is 12.7 Å². The molecule has 5 aromatic heterocycles. The van der Waals surface area contributed by atoms with E-state index in [1.165, 1.54) is 0 Å². The Labute approximate surface area is 184 Å². The molecule has 7 nitrogen and oxygen atoms in total. The molecule has 5 rings (SSSR count). The van der Waals surface area contributed by atoms with Gasteiger partial charge in [0.15, 0.2) is 0 Å². The first-order valence-electron chi connectivity index (χ1n) is 10.2. The van der Waals surface area contributed by atoms with Crippen molar-refractivity contribution in [2.75, 3.05) is 0 Å². The van der Waals surface area contributed by atoms with Crippen molar-refractivity contribution in [1.82, 2.24) is 30.1 Å². The van der Waals surface area contributed by atoms with Crippen LogP contribution in [0.15, 0.2) is 85.5 Å². The van der Waals surface area contributed by atoms with Crippen LogP contribution in [0.1, 0.15) is 12.6 Å². The van der Waals surface area contributed by atoms with Gasteiger partial charge >= 0.3 is 0 Å². The average Bonchev–Trinajstić information content (AvgIpc) is 3.46. The second-order valence-electron chi connectivity index (χ2n) is 7.30. The molecule has 0 aliphatic heterocycles. The monoisotopic (exact) mass is 419 g/mol. The van der Waals surface area contributed by atoms with E-state index in [-0.39, 0.29) is 0 Å². The van der Waals surface area contributed by atoms with Crippen molar-refractivity contribution in [3.05, 3.63) is 91.2 Å². The summed E-state index contributed by atoms with van der Waals surface area (Å²) in [5, 5.41) is 8.63. The second kappa shape index (κ2) is 7.96. The van der Waals surface area contributed by atoms with Crippen molar-refractivity contribution in [2.24, 2.45) is 5.73 Å². The number of allylic oxidation sites excluding steroid dienone is 4. The molecule has 156 valence electrons. The van der Waals surface area contributed by atoms with Crippen molar-refractivity contribution in [3.63, 3.8) is 0 Å². The molecule has 0 unspecified atom stereocenters. The van der Waals surface area contributed by atoms with Gasteiger partial charge in [0.25, 0.3) is 0 Å². The number of fused-ring (bicyclic) bond motifs is 2. The van der Waals surface area contributed by atoms with Gasteiger partial charge in [-0.3, -0.25) is 15.1 Å². The molecule has 0 radical (unpaired) electrons. The quantitative estimate of drug-likeness (QED) is 0.348. The van der Waals surface area contributed by atoms with E-state index in [4.69, 9.17) is 10.7 Å². The summed E-state index contributed by atoms with van der Waals surface area (Å²) in [4.78, 5) is 17.0. The predicted octanol–water partition coefficient (Wildman–Crippen LogP) is 5.00. The maximum atomic E-state index is 5.95. The van der Waals surface area contributed by atoms with E-state index >= 15 is 0 Å². The number of hydrogen-bond donors (Lipinski definition) is 3. The van der Waals surface area contributed by atoms with E-state index < -0.39 is 0 Å². The molecule has 0 aliphatic rings. The van der Waals surface area contributed by atoms with Crippen LogP contribution in [0.4, 0.5) is 0 Å². The lowest BCUT2D eigenvalue weighted by Crippen LogP contribution is -1.95. The third-order valence-corrected chi connectivity index (χ3v) is 5.33. The van der Waals surface area contributed by atoms with E-state index in [0.29, 0.717) is 5.70 Å². The summed E-state index contributed by atoms with van der Waals surface area (Å²) in [6.07, 6.45) is 10.8. The van der Waals surface area contributed by atoms with E-state index in [9.17, 15) is 0 Å². The van der Waals surface area contributed by atoms with Gasteiger partial charge in [0.2, 0.25) is 0 Å². The molecule has 0 spiro atoms. The number of hydrogen-bond acceptors (Lipinski definition) is 5. The summed E-state index contributed by atoms with van der Waals surface area (Å²) >= 11 is 0. The zero-order chi connectivity index (χ0) is 22.1. The van der Waals surface area contributed by atoms with Crippen LogP contribution in [-0.4, -0.2) is 30.1 Å². The molecule has 5 heterocycles. The number of pyridine rings is 3. The van der Waals surface area contributed by atoms with Gasteiger partial charge in [-0.2, -0.15) is 5.10 Å². The van der Waals surface area contributed by atoms with Crippen LogP contribution in [0.2, 0.25) is 0 Å². The van der Waals surface area contributed by atoms with Gasteiger partial charge in [0.05, 0.1) is 22.6 Å². The fraction of sp³-hybridized carbons (Fsp3) is 0.0400. The highest BCUT2D eigenvalue weighted by atomic mass is 15.1. The van der Waals surface area contributed by atoms with Gasteiger partial charge in [-0.25, -0.2) is 4.98 Å². The highest BCUT2D eigenvalue weighted by Crippen LogP contribution is 2.32. The van der Waals surface area contributed by atoms with E-state index in [2.05, 4.69) is 37.8 Å². The summed E-state index contributed by atoms with van der Waals surface area (Å²) in [6.45, 7) is 5.67. The molecular weight excluding hydrogens is 398 g/mol. The van der Waals surface area contributed by atoms with Gasteiger partial charge in [0, 0.05) is 40.8 Å². The number of aromatic amines is 2. The minimum atomic E-state index is 0.583. The molecule has 32 heavy (non-hydrogen) atoms. The maximum absolute atomic E-state index is 5.95. The average molecular weight is 419 g/mol. The Morgan fingerprint density at radius 2 is 1.88 bits per heavy atom. The Balaban J connectivity index is 1.65. The zero-order valence-corrected chi connectivity index (χ0v) is 17.5. The fourth-order valence-corrected chi connectivity index (χ4v) is 3.71. The number of rotatable bonds is 5. The molecule has 0 saturated heterocycles. The minimum Gasteiger partial charge on any atom is -0.399 e. The Morgan fingerprint density at radius 1 is 1.03 bits per heavy atom.